The van der Waals surface area contributed by atoms with Gasteiger partial charge in [-0.05, 0) is 45.1 Å². The molecule has 1 unspecified atom stereocenters. The molecule has 0 N–H and O–H groups in total. The molecule has 3 nitrogen and oxygen atoms in total. The summed E-state index contributed by atoms with van der Waals surface area (Å²) < 4.78 is 0. The fourth-order valence-electron chi connectivity index (χ4n) is 4.00. The van der Waals surface area contributed by atoms with Crippen molar-refractivity contribution in [1.82, 2.24) is 9.80 Å². The van der Waals surface area contributed by atoms with Gasteiger partial charge in [-0.2, -0.15) is 0 Å². The van der Waals surface area contributed by atoms with Crippen molar-refractivity contribution < 1.29 is 4.79 Å². The summed E-state index contributed by atoms with van der Waals surface area (Å²) in [6, 6.07) is 0.791. The Bertz CT molecular complexity index is 293. The molecule has 2 aliphatic heterocycles. The highest BCUT2D eigenvalue weighted by molar-refractivity contribution is 5.79. The van der Waals surface area contributed by atoms with Gasteiger partial charge in [0.1, 0.15) is 0 Å². The highest BCUT2D eigenvalue weighted by Gasteiger charge is 2.33. The number of nitrogens with zero attached hydrogens (tertiary/aromatic N) is 2. The van der Waals surface area contributed by atoms with E-state index in [1.165, 1.54) is 51.5 Å². The van der Waals surface area contributed by atoms with Gasteiger partial charge in [-0.3, -0.25) is 9.69 Å². The first-order chi connectivity index (χ1) is 8.84. The summed E-state index contributed by atoms with van der Waals surface area (Å²) in [5, 5.41) is 0. The summed E-state index contributed by atoms with van der Waals surface area (Å²) in [4.78, 5) is 17.2. The fraction of sp³-hybridized carbons (Fsp3) is 0.933. The molecular weight excluding hydrogens is 224 g/mol. The molecule has 3 rings (SSSR count). The van der Waals surface area contributed by atoms with E-state index in [4.69, 9.17) is 0 Å². The average Bonchev–Trinajstić information content (AvgIpc) is 3.11. The maximum absolute atomic E-state index is 12.5. The van der Waals surface area contributed by atoms with Crippen LogP contribution in [0, 0.1) is 5.92 Å². The molecule has 0 radical (unpaired) electrons. The molecule has 0 bridgehead atoms. The minimum atomic E-state index is 0.303. The number of rotatable bonds is 2. The van der Waals surface area contributed by atoms with Crippen molar-refractivity contribution in [2.24, 2.45) is 5.92 Å². The van der Waals surface area contributed by atoms with E-state index in [0.29, 0.717) is 11.8 Å². The molecule has 0 aromatic heterocycles. The molecule has 1 saturated carbocycles. The monoisotopic (exact) mass is 250 g/mol. The van der Waals surface area contributed by atoms with Crippen molar-refractivity contribution in [1.29, 1.82) is 0 Å². The average molecular weight is 250 g/mol. The second-order valence-electron chi connectivity index (χ2n) is 6.30. The minimum absolute atomic E-state index is 0.303. The molecule has 2 heterocycles. The highest BCUT2D eigenvalue weighted by atomic mass is 16.2. The third-order valence-corrected chi connectivity index (χ3v) is 5.06. The lowest BCUT2D eigenvalue weighted by molar-refractivity contribution is -0.136. The van der Waals surface area contributed by atoms with E-state index < -0.39 is 0 Å². The van der Waals surface area contributed by atoms with Gasteiger partial charge in [-0.15, -0.1) is 0 Å². The van der Waals surface area contributed by atoms with Gasteiger partial charge in [-0.1, -0.05) is 12.8 Å². The zero-order chi connectivity index (χ0) is 12.4. The van der Waals surface area contributed by atoms with E-state index >= 15 is 0 Å². The van der Waals surface area contributed by atoms with Crippen LogP contribution in [-0.4, -0.2) is 47.9 Å². The lowest BCUT2D eigenvalue weighted by Crippen LogP contribution is -2.47. The van der Waals surface area contributed by atoms with E-state index in [0.717, 1.165) is 32.1 Å². The van der Waals surface area contributed by atoms with Gasteiger partial charge < -0.3 is 4.90 Å². The normalized spacial score (nSPS) is 31.1. The van der Waals surface area contributed by atoms with Crippen molar-refractivity contribution in [2.75, 3.05) is 26.2 Å². The summed E-state index contributed by atoms with van der Waals surface area (Å²) in [5.74, 6) is 0.757. The Labute approximate surface area is 111 Å². The van der Waals surface area contributed by atoms with Crippen LogP contribution in [0.5, 0.6) is 0 Å². The molecule has 3 heteroatoms. The molecule has 18 heavy (non-hydrogen) atoms. The topological polar surface area (TPSA) is 23.6 Å². The summed E-state index contributed by atoms with van der Waals surface area (Å²) in [6.07, 6.45) is 10.3. The zero-order valence-corrected chi connectivity index (χ0v) is 11.4. The van der Waals surface area contributed by atoms with E-state index in [1.54, 1.807) is 0 Å². The van der Waals surface area contributed by atoms with Crippen LogP contribution in [0.15, 0.2) is 0 Å². The van der Waals surface area contributed by atoms with Crippen LogP contribution in [0.4, 0.5) is 0 Å². The van der Waals surface area contributed by atoms with Crippen LogP contribution in [0.3, 0.4) is 0 Å². The van der Waals surface area contributed by atoms with Crippen molar-refractivity contribution in [2.45, 2.75) is 57.4 Å². The van der Waals surface area contributed by atoms with E-state index in [9.17, 15) is 4.79 Å². The van der Waals surface area contributed by atoms with Gasteiger partial charge in [0.2, 0.25) is 5.91 Å². The Morgan fingerprint density at radius 2 is 1.56 bits per heavy atom. The number of piperidine rings is 1. The van der Waals surface area contributed by atoms with E-state index in [1.807, 2.05) is 0 Å². The maximum Gasteiger partial charge on any atom is 0.226 e. The fourth-order valence-corrected chi connectivity index (χ4v) is 4.00. The van der Waals surface area contributed by atoms with Crippen molar-refractivity contribution in [3.05, 3.63) is 0 Å². The highest BCUT2D eigenvalue weighted by Crippen LogP contribution is 2.29. The molecule has 0 aromatic carbocycles. The predicted octanol–water partition coefficient (Wildman–Crippen LogP) is 2.26. The smallest absolute Gasteiger partial charge is 0.226 e. The van der Waals surface area contributed by atoms with Gasteiger partial charge >= 0.3 is 0 Å². The van der Waals surface area contributed by atoms with E-state index in [-0.39, 0.29) is 0 Å². The molecular formula is C15H26N2O. The van der Waals surface area contributed by atoms with Crippen LogP contribution >= 0.6 is 0 Å². The Morgan fingerprint density at radius 3 is 2.28 bits per heavy atom. The quantitative estimate of drug-likeness (QED) is 0.750. The standard InChI is InChI=1S/C15H26N2O/c18-15(16-9-3-4-10-16)13-6-5-11-17(12-13)14-7-1-2-8-14/h13-14H,1-12H2. The summed E-state index contributed by atoms with van der Waals surface area (Å²) in [6.45, 7) is 4.30. The maximum atomic E-state index is 12.5. The van der Waals surface area contributed by atoms with Crippen LogP contribution in [-0.2, 0) is 4.79 Å². The lowest BCUT2D eigenvalue weighted by Gasteiger charge is -2.37. The number of hydrogen-bond acceptors (Lipinski definition) is 2. The molecule has 3 fully saturated rings. The molecule has 0 aromatic rings. The Morgan fingerprint density at radius 1 is 0.833 bits per heavy atom. The van der Waals surface area contributed by atoms with Crippen molar-refractivity contribution >= 4 is 5.91 Å². The molecule has 3 aliphatic rings. The third-order valence-electron chi connectivity index (χ3n) is 5.06. The SMILES string of the molecule is O=C(C1CCCN(C2CCCC2)C1)N1CCCC1. The Kier molecular flexibility index (Phi) is 3.88. The number of amides is 1. The summed E-state index contributed by atoms with van der Waals surface area (Å²) in [7, 11) is 0. The number of carbonyl (C=O) groups is 1. The van der Waals surface area contributed by atoms with Gasteiger partial charge in [0.05, 0.1) is 5.92 Å². The van der Waals surface area contributed by atoms with Crippen molar-refractivity contribution in [3.8, 4) is 0 Å². The molecule has 1 atom stereocenters. The van der Waals surface area contributed by atoms with Crippen LogP contribution < -0.4 is 0 Å². The van der Waals surface area contributed by atoms with Gasteiger partial charge in [0.25, 0.3) is 0 Å². The Hall–Kier alpha value is -0.570. The number of likely N-dealkylation sites (tertiary alicyclic amines) is 2. The first-order valence-electron chi connectivity index (χ1n) is 7.87. The number of hydrogen-bond donors (Lipinski definition) is 0. The second-order valence-corrected chi connectivity index (χ2v) is 6.30. The first-order valence-corrected chi connectivity index (χ1v) is 7.87. The van der Waals surface area contributed by atoms with Gasteiger partial charge in [0.15, 0.2) is 0 Å². The lowest BCUT2D eigenvalue weighted by atomic mass is 9.95. The summed E-state index contributed by atoms with van der Waals surface area (Å²) >= 11 is 0. The first kappa shape index (κ1) is 12.5. The van der Waals surface area contributed by atoms with Gasteiger partial charge in [0, 0.05) is 25.7 Å². The predicted molar refractivity (Wildman–Crippen MR) is 72.4 cm³/mol. The molecule has 0 spiro atoms. The molecule has 1 aliphatic carbocycles. The second kappa shape index (κ2) is 5.60. The minimum Gasteiger partial charge on any atom is -0.342 e. The molecule has 1 amide bonds. The van der Waals surface area contributed by atoms with Crippen LogP contribution in [0.2, 0.25) is 0 Å². The van der Waals surface area contributed by atoms with Crippen LogP contribution in [0.1, 0.15) is 51.4 Å². The number of carbonyl (C=O) groups excluding carboxylic acids is 1. The largest absolute Gasteiger partial charge is 0.342 e. The Balaban J connectivity index is 1.57. The third kappa shape index (κ3) is 2.56. The summed E-state index contributed by atoms with van der Waals surface area (Å²) in [5.41, 5.74) is 0. The van der Waals surface area contributed by atoms with Crippen LogP contribution in [0.25, 0.3) is 0 Å². The van der Waals surface area contributed by atoms with E-state index in [2.05, 4.69) is 9.80 Å². The molecule has 102 valence electrons. The van der Waals surface area contributed by atoms with Gasteiger partial charge in [-0.25, -0.2) is 0 Å². The van der Waals surface area contributed by atoms with Crippen molar-refractivity contribution in [3.63, 3.8) is 0 Å². The zero-order valence-electron chi connectivity index (χ0n) is 11.4. The molecule has 2 saturated heterocycles.